The summed E-state index contributed by atoms with van der Waals surface area (Å²) in [7, 11) is 0. The highest BCUT2D eigenvalue weighted by molar-refractivity contribution is 5.90. The highest BCUT2D eigenvalue weighted by Crippen LogP contribution is 3.08. The minimum Gasteiger partial charge on any atom is -0.481 e. The summed E-state index contributed by atoms with van der Waals surface area (Å²) in [6, 6.07) is 0.571. The van der Waals surface area contributed by atoms with Gasteiger partial charge in [0, 0.05) is 26.2 Å². The number of carboxylic acid groups (broad SMARTS) is 1. The largest absolute Gasteiger partial charge is 0.481 e. The lowest BCUT2D eigenvalue weighted by molar-refractivity contribution is -0.625. The predicted octanol–water partition coefficient (Wildman–Crippen LogP) is -0.729. The van der Waals surface area contributed by atoms with Crippen LogP contribution in [0, 0.1) is 40.9 Å². The summed E-state index contributed by atoms with van der Waals surface area (Å²) < 4.78 is 0. The molecule has 2 N–H and O–H groups in total. The smallest absolute Gasteiger partial charge is 0.320 e. The Balaban J connectivity index is 1.25. The molecule has 2 heterocycles. The number of fused-ring (bicyclic) bond motifs is 1. The lowest BCUT2D eigenvalue weighted by Gasteiger charge is -3.10. The highest BCUT2D eigenvalue weighted by atomic mass is 16.4. The van der Waals surface area contributed by atoms with E-state index in [0.717, 1.165) is 26.2 Å². The molecule has 110 valence electrons. The first-order chi connectivity index (χ1) is 10.2. The zero-order valence-corrected chi connectivity index (χ0v) is 11.5. The molecule has 0 unspecified atom stereocenters. The molecule has 0 radical (unpaired) electrons. The normalized spacial score (nSPS) is 66.3. The molecule has 6 aliphatic carbocycles. The van der Waals surface area contributed by atoms with Gasteiger partial charge in [-0.2, -0.15) is 0 Å². The van der Waals surface area contributed by atoms with Crippen LogP contribution in [0.5, 0.6) is 0 Å². The summed E-state index contributed by atoms with van der Waals surface area (Å²) in [6.45, 7) is 3.50. The monoisotopic (exact) mass is 287 g/mol. The summed E-state index contributed by atoms with van der Waals surface area (Å²) in [4.78, 5) is 28.6. The van der Waals surface area contributed by atoms with E-state index in [-0.39, 0.29) is 17.0 Å². The first-order valence-corrected chi connectivity index (χ1v) is 8.20. The van der Waals surface area contributed by atoms with Crippen molar-refractivity contribution in [2.75, 3.05) is 26.2 Å². The number of nitrogens with zero attached hydrogens (tertiary/aromatic N) is 2. The number of amides is 2. The van der Waals surface area contributed by atoms with Gasteiger partial charge in [-0.05, 0) is 35.5 Å². The van der Waals surface area contributed by atoms with Gasteiger partial charge >= 0.3 is 12.0 Å². The Morgan fingerprint density at radius 1 is 1.19 bits per heavy atom. The van der Waals surface area contributed by atoms with E-state index in [1.807, 2.05) is 4.90 Å². The van der Waals surface area contributed by atoms with E-state index in [0.29, 0.717) is 41.5 Å². The van der Waals surface area contributed by atoms with E-state index in [9.17, 15) is 14.7 Å². The summed E-state index contributed by atoms with van der Waals surface area (Å²) in [5, 5.41) is 12.9. The molecular formula is C15H17N3O3. The number of carbonyl (C=O) groups is 2. The standard InChI is InChI=1S/C15H17N3O3/c19-12(20)14-6-9-7(14)11-8(14)10(6)15(9,11)18-4-5-3-16-1-2-17(5)13(18)21/h5-11,16H,1-4H2,(H,19,20)/t5-,6?,7?,8?,9?,10?,11?,14?,15?/m0/s1. The van der Waals surface area contributed by atoms with Crippen molar-refractivity contribution in [2.24, 2.45) is 40.9 Å². The number of hydrogen-bond acceptors (Lipinski definition) is 3. The molecule has 6 nitrogen and oxygen atoms in total. The second-order valence-electron chi connectivity index (χ2n) is 8.22. The Morgan fingerprint density at radius 3 is 2.43 bits per heavy atom. The number of carbonyl (C=O) groups excluding carboxylic acids is 1. The zero-order chi connectivity index (χ0) is 13.9. The fourth-order valence-electron chi connectivity index (χ4n) is 8.38. The second-order valence-corrected chi connectivity index (χ2v) is 8.22. The Morgan fingerprint density at radius 2 is 1.86 bits per heavy atom. The molecule has 0 aromatic rings. The van der Waals surface area contributed by atoms with Gasteiger partial charge in [0.1, 0.15) is 0 Å². The summed E-state index contributed by atoms with van der Waals surface area (Å²) in [5.41, 5.74) is -0.204. The Bertz CT molecular complexity index is 607. The van der Waals surface area contributed by atoms with Crippen molar-refractivity contribution in [3.8, 4) is 0 Å². The van der Waals surface area contributed by atoms with Gasteiger partial charge in [0.2, 0.25) is 0 Å². The third-order valence-electron chi connectivity index (χ3n) is 8.64. The molecule has 6 saturated carbocycles. The predicted molar refractivity (Wildman–Crippen MR) is 69.2 cm³/mol. The van der Waals surface area contributed by atoms with E-state index in [1.54, 1.807) is 0 Å². The number of piperazine rings is 1. The summed E-state index contributed by atoms with van der Waals surface area (Å²) in [5.74, 6) is 2.30. The topological polar surface area (TPSA) is 72.9 Å². The minimum atomic E-state index is -0.547. The molecule has 2 amide bonds. The molecule has 8 aliphatic rings. The highest BCUT2D eigenvalue weighted by Gasteiger charge is 3.13. The quantitative estimate of drug-likeness (QED) is 0.702. The van der Waals surface area contributed by atoms with Gasteiger partial charge in [-0.25, -0.2) is 4.79 Å². The van der Waals surface area contributed by atoms with Gasteiger partial charge in [-0.15, -0.1) is 0 Å². The zero-order valence-electron chi connectivity index (χ0n) is 11.5. The average molecular weight is 287 g/mol. The van der Waals surface area contributed by atoms with Crippen LogP contribution in [0.25, 0.3) is 0 Å². The van der Waals surface area contributed by atoms with Gasteiger partial charge in [0.25, 0.3) is 0 Å². The molecule has 0 bridgehead atoms. The van der Waals surface area contributed by atoms with Gasteiger partial charge in [0.05, 0.1) is 17.0 Å². The van der Waals surface area contributed by atoms with Gasteiger partial charge in [0.15, 0.2) is 0 Å². The average Bonchev–Trinajstić information content (AvgIpc) is 2.84. The second kappa shape index (κ2) is 2.47. The molecule has 8 fully saturated rings. The van der Waals surface area contributed by atoms with Crippen LogP contribution in [-0.2, 0) is 4.79 Å². The van der Waals surface area contributed by atoms with Crippen molar-refractivity contribution >= 4 is 12.0 Å². The number of carboxylic acids is 1. The molecule has 6 heteroatoms. The van der Waals surface area contributed by atoms with Gasteiger partial charge < -0.3 is 20.2 Å². The number of urea groups is 1. The molecule has 21 heavy (non-hydrogen) atoms. The molecule has 0 aromatic carbocycles. The molecule has 0 spiro atoms. The molecule has 0 aromatic heterocycles. The molecule has 1 atom stereocenters. The van der Waals surface area contributed by atoms with Crippen LogP contribution in [-0.4, -0.2) is 64.7 Å². The van der Waals surface area contributed by atoms with Gasteiger partial charge in [-0.3, -0.25) is 4.79 Å². The maximum absolute atomic E-state index is 12.8. The maximum atomic E-state index is 12.8. The van der Waals surface area contributed by atoms with Crippen LogP contribution in [0.4, 0.5) is 4.79 Å². The van der Waals surface area contributed by atoms with Crippen LogP contribution in [0.15, 0.2) is 0 Å². The van der Waals surface area contributed by atoms with E-state index < -0.39 is 5.97 Å². The third-order valence-corrected chi connectivity index (χ3v) is 8.64. The van der Waals surface area contributed by atoms with E-state index >= 15 is 0 Å². The molecule has 2 aliphatic heterocycles. The fraction of sp³-hybridized carbons (Fsp3) is 0.867. The van der Waals surface area contributed by atoms with E-state index in [4.69, 9.17) is 0 Å². The van der Waals surface area contributed by atoms with Crippen LogP contribution in [0.2, 0.25) is 0 Å². The van der Waals surface area contributed by atoms with Crippen molar-refractivity contribution in [2.45, 2.75) is 11.6 Å². The van der Waals surface area contributed by atoms with Crippen molar-refractivity contribution in [1.82, 2.24) is 15.1 Å². The summed E-state index contributed by atoms with van der Waals surface area (Å²) in [6.07, 6.45) is 0. The minimum absolute atomic E-state index is 0.117. The SMILES string of the molecule is O=C1N2CCNC[C@H]2CN1C12C3C4C1C1C2C3C41C(=O)O. The van der Waals surface area contributed by atoms with Gasteiger partial charge in [-0.1, -0.05) is 0 Å². The first-order valence-electron chi connectivity index (χ1n) is 8.20. The maximum Gasteiger partial charge on any atom is 0.320 e. The number of rotatable bonds is 2. The van der Waals surface area contributed by atoms with Crippen LogP contribution < -0.4 is 5.32 Å². The van der Waals surface area contributed by atoms with Crippen molar-refractivity contribution in [1.29, 1.82) is 0 Å². The van der Waals surface area contributed by atoms with Crippen LogP contribution in [0.3, 0.4) is 0 Å². The fourth-order valence-corrected chi connectivity index (χ4v) is 8.38. The number of hydrogen-bond donors (Lipinski definition) is 2. The van der Waals surface area contributed by atoms with Crippen LogP contribution in [0.1, 0.15) is 0 Å². The molecule has 8 rings (SSSR count). The van der Waals surface area contributed by atoms with Crippen molar-refractivity contribution in [3.63, 3.8) is 0 Å². The lowest BCUT2D eigenvalue weighted by Crippen LogP contribution is -3.16. The summed E-state index contributed by atoms with van der Waals surface area (Å²) >= 11 is 0. The van der Waals surface area contributed by atoms with E-state index in [1.165, 1.54) is 0 Å². The lowest BCUT2D eigenvalue weighted by atomic mass is 8.94. The molecule has 2 saturated heterocycles. The molecular weight excluding hydrogens is 270 g/mol. The Kier molecular flexibility index (Phi) is 1.23. The number of aliphatic carboxylic acids is 1. The Hall–Kier alpha value is -1.30. The van der Waals surface area contributed by atoms with Crippen LogP contribution >= 0.6 is 0 Å². The Labute approximate surface area is 121 Å². The van der Waals surface area contributed by atoms with Crippen molar-refractivity contribution in [3.05, 3.63) is 0 Å². The number of nitrogens with one attached hydrogen (secondary N) is 1. The third kappa shape index (κ3) is 0.594. The van der Waals surface area contributed by atoms with E-state index in [2.05, 4.69) is 10.2 Å². The van der Waals surface area contributed by atoms with Crippen molar-refractivity contribution < 1.29 is 14.7 Å². The first kappa shape index (κ1) is 10.4.